The SMILES string of the molecule is O=C(COC(=O)C1=Cc2ccccc2OC1)NCC(=O)Nc1ccccc1Br. The van der Waals surface area contributed by atoms with E-state index in [1.165, 1.54) is 0 Å². The third-order valence-electron chi connectivity index (χ3n) is 3.82. The lowest BCUT2D eigenvalue weighted by molar-refractivity contribution is -0.145. The van der Waals surface area contributed by atoms with Gasteiger partial charge in [-0.3, -0.25) is 9.59 Å². The minimum atomic E-state index is -0.637. The summed E-state index contributed by atoms with van der Waals surface area (Å²) in [6.45, 7) is -0.650. The monoisotopic (exact) mass is 444 g/mol. The molecule has 8 heteroatoms. The van der Waals surface area contributed by atoms with Gasteiger partial charge in [-0.2, -0.15) is 0 Å². The van der Waals surface area contributed by atoms with Crippen LogP contribution < -0.4 is 15.4 Å². The molecule has 0 spiro atoms. The molecule has 0 aromatic heterocycles. The first-order valence-electron chi connectivity index (χ1n) is 8.43. The zero-order valence-electron chi connectivity index (χ0n) is 14.7. The quantitative estimate of drug-likeness (QED) is 0.667. The molecule has 1 aliphatic heterocycles. The fourth-order valence-corrected chi connectivity index (χ4v) is 2.83. The highest BCUT2D eigenvalue weighted by Crippen LogP contribution is 2.26. The van der Waals surface area contributed by atoms with Crippen molar-refractivity contribution in [2.75, 3.05) is 25.1 Å². The average molecular weight is 445 g/mol. The number of hydrogen-bond donors (Lipinski definition) is 2. The molecular weight excluding hydrogens is 428 g/mol. The van der Waals surface area contributed by atoms with Crippen LogP contribution in [0.5, 0.6) is 5.75 Å². The Balaban J connectivity index is 1.43. The molecule has 2 amide bonds. The maximum Gasteiger partial charge on any atom is 0.338 e. The van der Waals surface area contributed by atoms with Crippen molar-refractivity contribution in [1.82, 2.24) is 5.32 Å². The Labute approximate surface area is 169 Å². The number of esters is 1. The number of amides is 2. The first-order chi connectivity index (χ1) is 13.5. The van der Waals surface area contributed by atoms with E-state index in [4.69, 9.17) is 9.47 Å². The molecule has 2 aromatic carbocycles. The normalized spacial score (nSPS) is 12.1. The molecule has 0 fully saturated rings. The zero-order chi connectivity index (χ0) is 19.9. The van der Waals surface area contributed by atoms with Crippen LogP contribution in [0.25, 0.3) is 6.08 Å². The first kappa shape index (κ1) is 19.6. The number of halogens is 1. The summed E-state index contributed by atoms with van der Waals surface area (Å²) in [5, 5.41) is 5.06. The lowest BCUT2D eigenvalue weighted by atomic mass is 10.1. The van der Waals surface area contributed by atoms with Crippen LogP contribution in [0.15, 0.2) is 58.6 Å². The highest BCUT2D eigenvalue weighted by atomic mass is 79.9. The van der Waals surface area contributed by atoms with Crippen molar-refractivity contribution in [2.45, 2.75) is 0 Å². The number of para-hydroxylation sites is 2. The Morgan fingerprint density at radius 2 is 1.79 bits per heavy atom. The molecule has 0 saturated heterocycles. The van der Waals surface area contributed by atoms with Crippen LogP contribution in [0.3, 0.4) is 0 Å². The summed E-state index contributed by atoms with van der Waals surface area (Å²) in [4.78, 5) is 35.8. The van der Waals surface area contributed by atoms with Crippen LogP contribution in [0, 0.1) is 0 Å². The van der Waals surface area contributed by atoms with Crippen molar-refractivity contribution in [2.24, 2.45) is 0 Å². The summed E-state index contributed by atoms with van der Waals surface area (Å²) < 4.78 is 11.2. The second-order valence-corrected chi connectivity index (χ2v) is 6.73. The van der Waals surface area contributed by atoms with Crippen molar-refractivity contribution in [3.8, 4) is 5.75 Å². The Morgan fingerprint density at radius 3 is 2.61 bits per heavy atom. The standard InChI is InChI=1S/C20H17BrN2O5/c21-15-6-2-3-7-16(15)23-18(24)10-22-19(25)12-28-20(26)14-9-13-5-1-4-8-17(13)27-11-14/h1-9H,10-12H2,(H,22,25)(H,23,24). The number of ether oxygens (including phenoxy) is 2. The molecule has 28 heavy (non-hydrogen) atoms. The topological polar surface area (TPSA) is 93.7 Å². The summed E-state index contributed by atoms with van der Waals surface area (Å²) in [6.07, 6.45) is 1.67. The van der Waals surface area contributed by atoms with Crippen molar-refractivity contribution in [3.63, 3.8) is 0 Å². The summed E-state index contributed by atoms with van der Waals surface area (Å²) in [7, 11) is 0. The largest absolute Gasteiger partial charge is 0.488 e. The lowest BCUT2D eigenvalue weighted by Gasteiger charge is -2.16. The number of anilines is 1. The molecule has 1 heterocycles. The molecule has 0 unspecified atom stereocenters. The molecule has 0 aliphatic carbocycles. The molecule has 144 valence electrons. The third kappa shape index (κ3) is 5.20. The average Bonchev–Trinajstić information content (AvgIpc) is 2.71. The summed E-state index contributed by atoms with van der Waals surface area (Å²) in [6, 6.07) is 14.4. The minimum absolute atomic E-state index is 0.0752. The molecule has 0 atom stereocenters. The van der Waals surface area contributed by atoms with Gasteiger partial charge in [-0.25, -0.2) is 4.79 Å². The molecule has 2 N–H and O–H groups in total. The number of nitrogens with one attached hydrogen (secondary N) is 2. The minimum Gasteiger partial charge on any atom is -0.488 e. The third-order valence-corrected chi connectivity index (χ3v) is 4.51. The van der Waals surface area contributed by atoms with Crippen molar-refractivity contribution in [1.29, 1.82) is 0 Å². The predicted molar refractivity (Wildman–Crippen MR) is 107 cm³/mol. The maximum atomic E-state index is 12.1. The van der Waals surface area contributed by atoms with Gasteiger partial charge < -0.3 is 20.1 Å². The van der Waals surface area contributed by atoms with Crippen LogP contribution >= 0.6 is 15.9 Å². The molecule has 0 bridgehead atoms. The Hall–Kier alpha value is -3.13. The predicted octanol–water partition coefficient (Wildman–Crippen LogP) is 2.52. The van der Waals surface area contributed by atoms with E-state index in [9.17, 15) is 14.4 Å². The van der Waals surface area contributed by atoms with Crippen LogP contribution in [-0.2, 0) is 19.1 Å². The van der Waals surface area contributed by atoms with Gasteiger partial charge in [0.05, 0.1) is 17.8 Å². The molecule has 3 rings (SSSR count). The number of fused-ring (bicyclic) bond motifs is 1. The number of carbonyl (C=O) groups excluding carboxylic acids is 3. The van der Waals surface area contributed by atoms with E-state index < -0.39 is 24.4 Å². The van der Waals surface area contributed by atoms with Gasteiger partial charge in [-0.15, -0.1) is 0 Å². The Bertz CT molecular complexity index is 942. The van der Waals surface area contributed by atoms with Crippen LogP contribution in [0.1, 0.15) is 5.56 Å². The Kier molecular flexibility index (Phi) is 6.44. The van der Waals surface area contributed by atoms with Crippen molar-refractivity contribution in [3.05, 3.63) is 64.1 Å². The fourth-order valence-electron chi connectivity index (χ4n) is 2.44. The second kappa shape index (κ2) is 9.18. The summed E-state index contributed by atoms with van der Waals surface area (Å²) in [5.41, 5.74) is 1.68. The van der Waals surface area contributed by atoms with Gasteiger partial charge in [0.1, 0.15) is 12.4 Å². The van der Waals surface area contributed by atoms with E-state index in [0.717, 1.165) is 10.0 Å². The molecule has 2 aromatic rings. The molecular formula is C20H17BrN2O5. The van der Waals surface area contributed by atoms with Crippen molar-refractivity contribution < 1.29 is 23.9 Å². The van der Waals surface area contributed by atoms with Gasteiger partial charge in [0.15, 0.2) is 6.61 Å². The maximum absolute atomic E-state index is 12.1. The molecule has 7 nitrogen and oxygen atoms in total. The smallest absolute Gasteiger partial charge is 0.338 e. The van der Waals surface area contributed by atoms with Gasteiger partial charge >= 0.3 is 5.97 Å². The van der Waals surface area contributed by atoms with E-state index in [2.05, 4.69) is 26.6 Å². The van der Waals surface area contributed by atoms with E-state index >= 15 is 0 Å². The number of hydrogen-bond acceptors (Lipinski definition) is 5. The molecule has 0 saturated carbocycles. The highest BCUT2D eigenvalue weighted by Gasteiger charge is 2.19. The van der Waals surface area contributed by atoms with E-state index in [0.29, 0.717) is 17.0 Å². The van der Waals surface area contributed by atoms with Crippen molar-refractivity contribution >= 4 is 45.5 Å². The number of carbonyl (C=O) groups is 3. The van der Waals surface area contributed by atoms with Crippen LogP contribution in [0.2, 0.25) is 0 Å². The summed E-state index contributed by atoms with van der Waals surface area (Å²) >= 11 is 3.32. The number of rotatable bonds is 6. The molecule has 0 radical (unpaired) electrons. The van der Waals surface area contributed by atoms with E-state index in [1.807, 2.05) is 24.3 Å². The van der Waals surface area contributed by atoms with Gasteiger partial charge in [0.2, 0.25) is 5.91 Å². The van der Waals surface area contributed by atoms with Gasteiger partial charge in [0, 0.05) is 10.0 Å². The first-order valence-corrected chi connectivity index (χ1v) is 9.23. The van der Waals surface area contributed by atoms with E-state index in [-0.39, 0.29) is 13.2 Å². The zero-order valence-corrected chi connectivity index (χ0v) is 16.3. The van der Waals surface area contributed by atoms with Gasteiger partial charge in [-0.1, -0.05) is 30.3 Å². The van der Waals surface area contributed by atoms with E-state index in [1.54, 1.807) is 30.3 Å². The molecule has 1 aliphatic rings. The van der Waals surface area contributed by atoms with Crippen LogP contribution in [-0.4, -0.2) is 37.5 Å². The second-order valence-electron chi connectivity index (χ2n) is 5.88. The lowest BCUT2D eigenvalue weighted by Crippen LogP contribution is -2.36. The fraction of sp³-hybridized carbons (Fsp3) is 0.150. The van der Waals surface area contributed by atoms with Gasteiger partial charge in [0.25, 0.3) is 5.91 Å². The number of benzene rings is 2. The highest BCUT2D eigenvalue weighted by molar-refractivity contribution is 9.10. The summed E-state index contributed by atoms with van der Waals surface area (Å²) in [5.74, 6) is -0.921. The Morgan fingerprint density at radius 1 is 1.04 bits per heavy atom. The van der Waals surface area contributed by atoms with Crippen LogP contribution in [0.4, 0.5) is 5.69 Å². The van der Waals surface area contributed by atoms with Gasteiger partial charge in [-0.05, 0) is 40.2 Å².